The summed E-state index contributed by atoms with van der Waals surface area (Å²) in [5.74, 6) is 0.723. The van der Waals surface area contributed by atoms with Crippen LogP contribution in [-0.4, -0.2) is 51.6 Å². The first kappa shape index (κ1) is 20.4. The van der Waals surface area contributed by atoms with Gasteiger partial charge in [-0.2, -0.15) is 5.10 Å². The lowest BCUT2D eigenvalue weighted by Crippen LogP contribution is -2.30. The van der Waals surface area contributed by atoms with E-state index in [9.17, 15) is 4.79 Å². The Hall–Kier alpha value is -2.84. The molecule has 1 fully saturated rings. The number of benzene rings is 1. The Morgan fingerprint density at radius 1 is 1.37 bits per heavy atom. The summed E-state index contributed by atoms with van der Waals surface area (Å²) < 4.78 is 1.76. The normalized spacial score (nSPS) is 17.5. The fourth-order valence-electron chi connectivity index (χ4n) is 3.80. The Kier molecular flexibility index (Phi) is 5.29. The van der Waals surface area contributed by atoms with Gasteiger partial charge in [-0.25, -0.2) is 9.50 Å². The van der Waals surface area contributed by atoms with Crippen molar-refractivity contribution in [3.05, 3.63) is 52.3 Å². The number of amides is 1. The Bertz CT molecular complexity index is 1110. The van der Waals surface area contributed by atoms with Crippen LogP contribution in [-0.2, 0) is 0 Å². The van der Waals surface area contributed by atoms with Crippen LogP contribution in [0.1, 0.15) is 41.0 Å². The quantitative estimate of drug-likeness (QED) is 0.620. The van der Waals surface area contributed by atoms with E-state index in [1.807, 2.05) is 26.1 Å². The predicted octanol–water partition coefficient (Wildman–Crippen LogP) is 2.64. The molecule has 0 spiro atoms. The van der Waals surface area contributed by atoms with E-state index < -0.39 is 0 Å². The fraction of sp³-hybridized carbons (Fsp3) is 0.381. The molecule has 1 aliphatic rings. The van der Waals surface area contributed by atoms with Gasteiger partial charge < -0.3 is 21.3 Å². The number of nitrogens with two attached hydrogens (primary N) is 2. The average Bonchev–Trinajstić information content (AvgIpc) is 3.33. The molecule has 3 heterocycles. The van der Waals surface area contributed by atoms with E-state index in [1.54, 1.807) is 34.7 Å². The molecule has 1 aliphatic heterocycles. The van der Waals surface area contributed by atoms with Crippen LogP contribution in [0.3, 0.4) is 0 Å². The number of nitrogen functional groups attached to an aromatic ring is 1. The highest BCUT2D eigenvalue weighted by Gasteiger charge is 2.25. The minimum atomic E-state index is -0.276. The highest BCUT2D eigenvalue weighted by atomic mass is 35.5. The van der Waals surface area contributed by atoms with E-state index in [0.29, 0.717) is 16.3 Å². The van der Waals surface area contributed by atoms with Crippen LogP contribution < -0.4 is 16.4 Å². The van der Waals surface area contributed by atoms with Gasteiger partial charge in [0.15, 0.2) is 5.65 Å². The first-order chi connectivity index (χ1) is 14.2. The first-order valence-corrected chi connectivity index (χ1v) is 10.3. The van der Waals surface area contributed by atoms with E-state index in [1.165, 1.54) is 0 Å². The number of nitrogens with zero attached hydrogens (tertiary/aromatic N) is 5. The molecule has 0 bridgehead atoms. The highest BCUT2D eigenvalue weighted by Crippen LogP contribution is 2.27. The lowest BCUT2D eigenvalue weighted by molar-refractivity contribution is 0.0740. The van der Waals surface area contributed by atoms with E-state index in [4.69, 9.17) is 28.1 Å². The molecular formula is C21H26ClN7O. The van der Waals surface area contributed by atoms with Gasteiger partial charge >= 0.3 is 0 Å². The fourth-order valence-corrected chi connectivity index (χ4v) is 3.97. The van der Waals surface area contributed by atoms with Crippen molar-refractivity contribution in [1.29, 1.82) is 0 Å². The Labute approximate surface area is 180 Å². The molecule has 1 amide bonds. The number of hydrogen-bond acceptors (Lipinski definition) is 6. The van der Waals surface area contributed by atoms with Gasteiger partial charge in [-0.15, -0.1) is 0 Å². The van der Waals surface area contributed by atoms with Crippen LogP contribution in [0.4, 0.5) is 11.5 Å². The minimum Gasteiger partial charge on any atom is -0.398 e. The molecule has 158 valence electrons. The number of hydrogen-bond donors (Lipinski definition) is 2. The van der Waals surface area contributed by atoms with Gasteiger partial charge in [0.25, 0.3) is 5.91 Å². The largest absolute Gasteiger partial charge is 0.398 e. The molecule has 4 rings (SSSR count). The number of carbonyl (C=O) groups excluding carboxylic acids is 1. The predicted molar refractivity (Wildman–Crippen MR) is 119 cm³/mol. The zero-order chi connectivity index (χ0) is 21.6. The maximum atomic E-state index is 13.0. The Balaban J connectivity index is 1.62. The lowest BCUT2D eigenvalue weighted by atomic mass is 10.1. The lowest BCUT2D eigenvalue weighted by Gasteiger charge is -2.24. The van der Waals surface area contributed by atoms with E-state index in [-0.39, 0.29) is 18.0 Å². The summed E-state index contributed by atoms with van der Waals surface area (Å²) in [5.41, 5.74) is 15.3. The summed E-state index contributed by atoms with van der Waals surface area (Å²) in [6, 6.07) is 6.71. The van der Waals surface area contributed by atoms with E-state index in [2.05, 4.69) is 10.00 Å². The third-order valence-corrected chi connectivity index (χ3v) is 5.96. The van der Waals surface area contributed by atoms with Crippen molar-refractivity contribution in [2.75, 3.05) is 30.8 Å². The van der Waals surface area contributed by atoms with Gasteiger partial charge in [-0.1, -0.05) is 11.6 Å². The standard InChI is InChI=1S/C21H26ClN7O/c1-12-10-29-19(25-20(12)28-7-6-15(23)11-28)9-18(26-29)13(2)27(3)21(30)16-8-14(22)4-5-17(16)24/h4-5,8-10,13,15H,6-7,11,23-24H2,1-3H3/t13-,15-/m0/s1. The summed E-state index contributed by atoms with van der Waals surface area (Å²) in [4.78, 5) is 21.6. The van der Waals surface area contributed by atoms with Gasteiger partial charge in [-0.05, 0) is 38.5 Å². The van der Waals surface area contributed by atoms with Gasteiger partial charge in [0.05, 0.1) is 17.3 Å². The third kappa shape index (κ3) is 3.68. The van der Waals surface area contributed by atoms with Crippen molar-refractivity contribution in [3.63, 3.8) is 0 Å². The topological polar surface area (TPSA) is 106 Å². The van der Waals surface area contributed by atoms with Crippen LogP contribution in [0, 0.1) is 6.92 Å². The zero-order valence-corrected chi connectivity index (χ0v) is 18.1. The van der Waals surface area contributed by atoms with Crippen LogP contribution >= 0.6 is 11.6 Å². The van der Waals surface area contributed by atoms with Crippen LogP contribution in [0.25, 0.3) is 5.65 Å². The number of rotatable bonds is 4. The summed E-state index contributed by atoms with van der Waals surface area (Å²) in [5, 5.41) is 5.12. The molecule has 8 nitrogen and oxygen atoms in total. The summed E-state index contributed by atoms with van der Waals surface area (Å²) >= 11 is 6.05. The monoisotopic (exact) mass is 427 g/mol. The first-order valence-electron chi connectivity index (χ1n) is 9.94. The molecule has 2 atom stereocenters. The van der Waals surface area contributed by atoms with Crippen molar-refractivity contribution in [1.82, 2.24) is 19.5 Å². The van der Waals surface area contributed by atoms with Gasteiger partial charge in [0.1, 0.15) is 5.82 Å². The molecular weight excluding hydrogens is 402 g/mol. The minimum absolute atomic E-state index is 0.182. The second kappa shape index (κ2) is 7.77. The molecule has 1 saturated heterocycles. The number of aryl methyl sites for hydroxylation is 1. The van der Waals surface area contributed by atoms with E-state index >= 15 is 0 Å². The van der Waals surface area contributed by atoms with Crippen molar-refractivity contribution in [3.8, 4) is 0 Å². The number of fused-ring (bicyclic) bond motifs is 1. The number of halogens is 1. The second-order valence-electron chi connectivity index (χ2n) is 7.94. The Morgan fingerprint density at radius 2 is 2.13 bits per heavy atom. The molecule has 9 heteroatoms. The molecule has 2 aromatic heterocycles. The maximum Gasteiger partial charge on any atom is 0.256 e. The zero-order valence-electron chi connectivity index (χ0n) is 17.3. The summed E-state index contributed by atoms with van der Waals surface area (Å²) in [6.07, 6.45) is 2.93. The van der Waals surface area contributed by atoms with Crippen LogP contribution in [0.15, 0.2) is 30.5 Å². The van der Waals surface area contributed by atoms with Gasteiger partial charge in [-0.3, -0.25) is 4.79 Å². The van der Waals surface area contributed by atoms with Crippen molar-refractivity contribution < 1.29 is 4.79 Å². The van der Waals surface area contributed by atoms with Crippen LogP contribution in [0.2, 0.25) is 5.02 Å². The molecule has 30 heavy (non-hydrogen) atoms. The van der Waals surface area contributed by atoms with Crippen molar-refractivity contribution in [2.24, 2.45) is 5.73 Å². The van der Waals surface area contributed by atoms with E-state index in [0.717, 1.165) is 42.2 Å². The van der Waals surface area contributed by atoms with Gasteiger partial charge in [0, 0.05) is 54.7 Å². The van der Waals surface area contributed by atoms with Crippen LogP contribution in [0.5, 0.6) is 0 Å². The Morgan fingerprint density at radius 3 is 2.83 bits per heavy atom. The molecule has 4 N–H and O–H groups in total. The van der Waals surface area contributed by atoms with Gasteiger partial charge in [0.2, 0.25) is 0 Å². The molecule has 3 aromatic rings. The second-order valence-corrected chi connectivity index (χ2v) is 8.37. The maximum absolute atomic E-state index is 13.0. The summed E-state index contributed by atoms with van der Waals surface area (Å²) in [7, 11) is 1.73. The SMILES string of the molecule is Cc1cn2nc([C@H](C)N(C)C(=O)c3cc(Cl)ccc3N)cc2nc1N1CC[C@H](N)C1. The molecule has 0 aliphatic carbocycles. The third-order valence-electron chi connectivity index (χ3n) is 5.72. The smallest absolute Gasteiger partial charge is 0.256 e. The molecule has 0 radical (unpaired) electrons. The average molecular weight is 428 g/mol. The molecule has 1 aromatic carbocycles. The number of carbonyl (C=O) groups is 1. The number of aromatic nitrogens is 3. The molecule has 0 unspecified atom stereocenters. The highest BCUT2D eigenvalue weighted by molar-refractivity contribution is 6.31. The summed E-state index contributed by atoms with van der Waals surface area (Å²) in [6.45, 7) is 5.65. The molecule has 0 saturated carbocycles. The number of anilines is 2. The van der Waals surface area contributed by atoms with Crippen molar-refractivity contribution in [2.45, 2.75) is 32.4 Å². The van der Waals surface area contributed by atoms with Crippen molar-refractivity contribution >= 4 is 34.7 Å².